The van der Waals surface area contributed by atoms with E-state index >= 15 is 0 Å². The predicted octanol–water partition coefficient (Wildman–Crippen LogP) is 7.03. The van der Waals surface area contributed by atoms with Crippen LogP contribution in [0.4, 0.5) is 18.0 Å². The molecular formula is C32H28F3N7O2S. The second-order valence-electron chi connectivity index (χ2n) is 10.4. The molecule has 1 N–H and O–H groups in total. The van der Waals surface area contributed by atoms with Crippen molar-refractivity contribution in [1.82, 2.24) is 24.6 Å². The monoisotopic (exact) mass is 631 g/mol. The Morgan fingerprint density at radius 1 is 1.09 bits per heavy atom. The summed E-state index contributed by atoms with van der Waals surface area (Å²) in [4.78, 5) is 22.0. The Morgan fingerprint density at radius 2 is 1.80 bits per heavy atom. The Balaban J connectivity index is 1.25. The Kier molecular flexibility index (Phi) is 9.15. The number of aromatic nitrogens is 4. The van der Waals surface area contributed by atoms with E-state index in [2.05, 4.69) is 51.1 Å². The van der Waals surface area contributed by atoms with Crippen molar-refractivity contribution in [1.29, 1.82) is 5.26 Å². The molecule has 0 spiro atoms. The number of ether oxygens (including phenoxy) is 1. The van der Waals surface area contributed by atoms with E-state index in [4.69, 9.17) is 0 Å². The zero-order chi connectivity index (χ0) is 32.1. The predicted molar refractivity (Wildman–Crippen MR) is 163 cm³/mol. The third-order valence-corrected chi connectivity index (χ3v) is 7.83. The number of rotatable bonds is 8. The average Bonchev–Trinajstić information content (AvgIpc) is 3.64. The minimum absolute atomic E-state index is 0.0616. The minimum Gasteiger partial charge on any atom is -0.406 e. The topological polar surface area (TPSA) is 110 Å². The van der Waals surface area contributed by atoms with Crippen LogP contribution in [0.2, 0.25) is 0 Å². The summed E-state index contributed by atoms with van der Waals surface area (Å²) >= 11 is 1.37. The maximum Gasteiger partial charge on any atom is 0.573 e. The molecule has 1 unspecified atom stereocenters. The highest BCUT2D eigenvalue weighted by Crippen LogP contribution is 2.26. The van der Waals surface area contributed by atoms with Crippen molar-refractivity contribution in [2.45, 2.75) is 39.0 Å². The summed E-state index contributed by atoms with van der Waals surface area (Å²) in [7, 11) is 0. The van der Waals surface area contributed by atoms with Gasteiger partial charge in [0, 0.05) is 23.2 Å². The molecule has 0 aliphatic carbocycles. The van der Waals surface area contributed by atoms with Gasteiger partial charge in [0.25, 0.3) is 0 Å². The van der Waals surface area contributed by atoms with Crippen LogP contribution in [0.3, 0.4) is 0 Å². The van der Waals surface area contributed by atoms with Crippen LogP contribution in [0.25, 0.3) is 22.8 Å². The van der Waals surface area contributed by atoms with E-state index in [1.807, 2.05) is 35.1 Å². The van der Waals surface area contributed by atoms with Crippen LogP contribution in [-0.4, -0.2) is 38.3 Å². The van der Waals surface area contributed by atoms with Crippen LogP contribution in [0.5, 0.6) is 5.75 Å². The molecule has 45 heavy (non-hydrogen) atoms. The summed E-state index contributed by atoms with van der Waals surface area (Å²) in [5.74, 6) is -0.292. The summed E-state index contributed by atoms with van der Waals surface area (Å²) in [6.07, 6.45) is -3.33. The lowest BCUT2D eigenvalue weighted by molar-refractivity contribution is -0.274. The normalized spacial score (nSPS) is 12.6. The van der Waals surface area contributed by atoms with Crippen molar-refractivity contribution in [3.05, 3.63) is 106 Å². The molecule has 0 saturated carbocycles. The van der Waals surface area contributed by atoms with E-state index < -0.39 is 18.3 Å². The van der Waals surface area contributed by atoms with Crippen molar-refractivity contribution in [3.8, 4) is 34.6 Å². The standard InChI is InChI=1S/C32H28F3N7O2S/c1-20(2)27-6-4-5-7-28(27)42-21(3)18-45-31(42)39-30(43)37-17-24(16-36)22-8-10-23(11-9-22)29-38-19-41(40-29)25-12-14-26(15-13-25)44-32(33,34)35/h4-15,18-20,24H,17H2,1-3H3,(H,37,43)/b39-31-. The molecule has 0 bridgehead atoms. The van der Waals surface area contributed by atoms with Crippen molar-refractivity contribution in [3.63, 3.8) is 0 Å². The highest BCUT2D eigenvalue weighted by molar-refractivity contribution is 7.07. The first-order valence-corrected chi connectivity index (χ1v) is 14.8. The number of amides is 2. The van der Waals surface area contributed by atoms with Gasteiger partial charge in [-0.05, 0) is 54.3 Å². The minimum atomic E-state index is -4.77. The SMILES string of the molecule is Cc1cs/c(=N\C(=O)NCC(C#N)c2ccc(-c3ncn(-c4ccc(OC(F)(F)F)cc4)n3)cc2)n1-c1ccccc1C(C)C. The number of hydrogen-bond donors (Lipinski definition) is 1. The van der Waals surface area contributed by atoms with Crippen LogP contribution in [0, 0.1) is 18.3 Å². The van der Waals surface area contributed by atoms with Gasteiger partial charge < -0.3 is 10.1 Å². The van der Waals surface area contributed by atoms with Crippen molar-refractivity contribution < 1.29 is 22.7 Å². The number of nitrogens with one attached hydrogen (secondary N) is 1. The van der Waals surface area contributed by atoms with Gasteiger partial charge in [0.05, 0.1) is 23.4 Å². The van der Waals surface area contributed by atoms with Crippen LogP contribution in [0.1, 0.15) is 42.5 Å². The smallest absolute Gasteiger partial charge is 0.406 e. The van der Waals surface area contributed by atoms with Gasteiger partial charge in [-0.2, -0.15) is 10.3 Å². The number of urea groups is 1. The van der Waals surface area contributed by atoms with Gasteiger partial charge in [0.1, 0.15) is 12.1 Å². The summed E-state index contributed by atoms with van der Waals surface area (Å²) in [5.41, 5.74) is 4.93. The first kappa shape index (κ1) is 31.2. The summed E-state index contributed by atoms with van der Waals surface area (Å²) in [6, 6.07) is 22.0. The van der Waals surface area contributed by atoms with Gasteiger partial charge in [-0.3, -0.25) is 4.57 Å². The average molecular weight is 632 g/mol. The molecule has 2 aromatic heterocycles. The second-order valence-corrected chi connectivity index (χ2v) is 11.2. The van der Waals surface area contributed by atoms with E-state index in [0.717, 1.165) is 16.9 Å². The maximum atomic E-state index is 12.8. The van der Waals surface area contributed by atoms with Gasteiger partial charge in [-0.25, -0.2) is 14.5 Å². The molecule has 5 rings (SSSR count). The van der Waals surface area contributed by atoms with E-state index in [1.54, 1.807) is 24.3 Å². The van der Waals surface area contributed by atoms with Crippen LogP contribution in [-0.2, 0) is 0 Å². The fraction of sp³-hybridized carbons (Fsp3) is 0.219. The number of nitrogens with zero attached hydrogens (tertiary/aromatic N) is 6. The molecule has 0 aliphatic heterocycles. The molecule has 9 nitrogen and oxygen atoms in total. The van der Waals surface area contributed by atoms with E-state index in [-0.39, 0.29) is 18.2 Å². The molecular weight excluding hydrogens is 603 g/mol. The molecule has 3 aromatic carbocycles. The number of carbonyl (C=O) groups excluding carboxylic acids is 1. The van der Waals surface area contributed by atoms with Crippen molar-refractivity contribution in [2.24, 2.45) is 4.99 Å². The van der Waals surface area contributed by atoms with Crippen molar-refractivity contribution >= 4 is 17.4 Å². The summed E-state index contributed by atoms with van der Waals surface area (Å²) in [5, 5.41) is 18.9. The van der Waals surface area contributed by atoms with E-state index in [1.165, 1.54) is 46.6 Å². The Morgan fingerprint density at radius 3 is 2.47 bits per heavy atom. The first-order chi connectivity index (χ1) is 21.5. The van der Waals surface area contributed by atoms with E-state index in [0.29, 0.717) is 27.4 Å². The number of thiazole rings is 1. The van der Waals surface area contributed by atoms with Crippen LogP contribution < -0.4 is 14.9 Å². The third-order valence-electron chi connectivity index (χ3n) is 6.89. The van der Waals surface area contributed by atoms with E-state index in [9.17, 15) is 23.2 Å². The summed E-state index contributed by atoms with van der Waals surface area (Å²) in [6.45, 7) is 6.26. The zero-order valence-corrected chi connectivity index (χ0v) is 25.3. The molecule has 0 radical (unpaired) electrons. The lowest BCUT2D eigenvalue weighted by atomic mass is 9.99. The van der Waals surface area contributed by atoms with Crippen LogP contribution in [0.15, 0.2) is 89.5 Å². The van der Waals surface area contributed by atoms with Crippen LogP contribution >= 0.6 is 11.3 Å². The highest BCUT2D eigenvalue weighted by atomic mass is 32.1. The Labute approximate surface area is 260 Å². The maximum absolute atomic E-state index is 12.8. The largest absolute Gasteiger partial charge is 0.573 e. The number of para-hydroxylation sites is 1. The van der Waals surface area contributed by atoms with Gasteiger partial charge >= 0.3 is 12.4 Å². The fourth-order valence-corrected chi connectivity index (χ4v) is 5.55. The molecule has 0 fully saturated rings. The lowest BCUT2D eigenvalue weighted by Crippen LogP contribution is -2.28. The number of halogens is 3. The number of aryl methyl sites for hydroxylation is 1. The lowest BCUT2D eigenvalue weighted by Gasteiger charge is -2.15. The third kappa shape index (κ3) is 7.47. The van der Waals surface area contributed by atoms with Gasteiger partial charge in [-0.15, -0.1) is 29.6 Å². The number of hydrogen-bond acceptors (Lipinski definition) is 6. The quantitative estimate of drug-likeness (QED) is 0.198. The molecule has 0 aliphatic rings. The zero-order valence-electron chi connectivity index (χ0n) is 24.5. The fourth-order valence-electron chi connectivity index (χ4n) is 4.68. The molecule has 1 atom stereocenters. The Bertz CT molecular complexity index is 1900. The molecule has 2 amide bonds. The van der Waals surface area contributed by atoms with Crippen molar-refractivity contribution in [2.75, 3.05) is 6.54 Å². The van der Waals surface area contributed by atoms with Gasteiger partial charge in [0.15, 0.2) is 10.6 Å². The molecule has 0 saturated heterocycles. The number of benzene rings is 3. The summed E-state index contributed by atoms with van der Waals surface area (Å²) < 4.78 is 44.6. The number of alkyl halides is 3. The molecule has 13 heteroatoms. The number of nitriles is 1. The molecule has 230 valence electrons. The number of carbonyl (C=O) groups is 1. The first-order valence-electron chi connectivity index (χ1n) is 13.9. The second kappa shape index (κ2) is 13.2. The van der Waals surface area contributed by atoms with Gasteiger partial charge in [-0.1, -0.05) is 56.3 Å². The van der Waals surface area contributed by atoms with Gasteiger partial charge in [0.2, 0.25) is 0 Å². The molecule has 5 aromatic rings. The molecule has 2 heterocycles. The highest BCUT2D eigenvalue weighted by Gasteiger charge is 2.31. The Hall–Kier alpha value is -5.22.